The highest BCUT2D eigenvalue weighted by Crippen LogP contribution is 2.10. The summed E-state index contributed by atoms with van der Waals surface area (Å²) in [7, 11) is 1.96. The van der Waals surface area contributed by atoms with Crippen LogP contribution in [0, 0.1) is 0 Å². The van der Waals surface area contributed by atoms with E-state index in [1.807, 2.05) is 18.0 Å². The standard InChI is InChI=1S/C11H18N2OS/c1-3-6-12-11(14)9-13(2)8-10-5-4-7-15-10/h4-5,7H,3,6,8-9H2,1-2H3,(H,12,14). The van der Waals surface area contributed by atoms with Crippen molar-refractivity contribution < 1.29 is 4.79 Å². The predicted molar refractivity (Wildman–Crippen MR) is 64.0 cm³/mol. The number of amides is 1. The van der Waals surface area contributed by atoms with E-state index in [-0.39, 0.29) is 5.91 Å². The lowest BCUT2D eigenvalue weighted by molar-refractivity contribution is -0.122. The Morgan fingerprint density at radius 2 is 2.40 bits per heavy atom. The molecule has 0 radical (unpaired) electrons. The topological polar surface area (TPSA) is 32.3 Å². The Balaban J connectivity index is 2.23. The Morgan fingerprint density at radius 1 is 1.60 bits per heavy atom. The quantitative estimate of drug-likeness (QED) is 0.801. The highest BCUT2D eigenvalue weighted by atomic mass is 32.1. The van der Waals surface area contributed by atoms with Crippen LogP contribution in [0.25, 0.3) is 0 Å². The molecule has 84 valence electrons. The fourth-order valence-electron chi connectivity index (χ4n) is 1.29. The average Bonchev–Trinajstić information content (AvgIpc) is 2.67. The zero-order valence-corrected chi connectivity index (χ0v) is 10.1. The highest BCUT2D eigenvalue weighted by molar-refractivity contribution is 7.09. The van der Waals surface area contributed by atoms with E-state index in [1.54, 1.807) is 11.3 Å². The molecule has 0 aliphatic carbocycles. The Morgan fingerprint density at radius 3 is 3.00 bits per heavy atom. The van der Waals surface area contributed by atoms with Crippen LogP contribution in [0.15, 0.2) is 17.5 Å². The molecule has 3 nitrogen and oxygen atoms in total. The van der Waals surface area contributed by atoms with Crippen LogP contribution in [0.3, 0.4) is 0 Å². The fourth-order valence-corrected chi connectivity index (χ4v) is 2.07. The van der Waals surface area contributed by atoms with Crippen molar-refractivity contribution in [2.24, 2.45) is 0 Å². The molecule has 0 bridgehead atoms. The SMILES string of the molecule is CCCNC(=O)CN(C)Cc1cccs1. The van der Waals surface area contributed by atoms with Crippen LogP contribution < -0.4 is 5.32 Å². The molecule has 0 saturated heterocycles. The third kappa shape index (κ3) is 4.95. The van der Waals surface area contributed by atoms with Crippen molar-refractivity contribution in [3.63, 3.8) is 0 Å². The maximum atomic E-state index is 11.4. The van der Waals surface area contributed by atoms with E-state index in [1.165, 1.54) is 4.88 Å². The Hall–Kier alpha value is -0.870. The summed E-state index contributed by atoms with van der Waals surface area (Å²) in [5.41, 5.74) is 0. The molecule has 0 saturated carbocycles. The normalized spacial score (nSPS) is 10.6. The molecular formula is C11H18N2OS. The monoisotopic (exact) mass is 226 g/mol. The number of carbonyl (C=O) groups is 1. The molecule has 1 aromatic heterocycles. The molecule has 0 spiro atoms. The maximum Gasteiger partial charge on any atom is 0.234 e. The number of nitrogens with zero attached hydrogens (tertiary/aromatic N) is 1. The van der Waals surface area contributed by atoms with Crippen molar-refractivity contribution in [1.82, 2.24) is 10.2 Å². The van der Waals surface area contributed by atoms with Crippen molar-refractivity contribution in [1.29, 1.82) is 0 Å². The molecule has 0 fully saturated rings. The first-order valence-electron chi connectivity index (χ1n) is 5.20. The summed E-state index contributed by atoms with van der Waals surface area (Å²) in [5, 5.41) is 4.92. The maximum absolute atomic E-state index is 11.4. The zero-order chi connectivity index (χ0) is 11.1. The van der Waals surface area contributed by atoms with Gasteiger partial charge in [-0.2, -0.15) is 0 Å². The number of nitrogens with one attached hydrogen (secondary N) is 1. The smallest absolute Gasteiger partial charge is 0.234 e. The molecule has 0 atom stereocenters. The van der Waals surface area contributed by atoms with E-state index in [0.717, 1.165) is 19.5 Å². The van der Waals surface area contributed by atoms with E-state index < -0.39 is 0 Å². The Bertz CT molecular complexity index is 285. The van der Waals surface area contributed by atoms with Crippen LogP contribution >= 0.6 is 11.3 Å². The molecule has 0 aliphatic heterocycles. The van der Waals surface area contributed by atoms with Crippen molar-refractivity contribution in [3.8, 4) is 0 Å². The van der Waals surface area contributed by atoms with Crippen molar-refractivity contribution >= 4 is 17.2 Å². The van der Waals surface area contributed by atoms with Gasteiger partial charge in [0.05, 0.1) is 6.54 Å². The summed E-state index contributed by atoms with van der Waals surface area (Å²) in [5.74, 6) is 0.107. The number of hydrogen-bond acceptors (Lipinski definition) is 3. The van der Waals surface area contributed by atoms with Crippen LogP contribution in [0.2, 0.25) is 0 Å². The molecule has 1 aromatic rings. The minimum atomic E-state index is 0.107. The van der Waals surface area contributed by atoms with Crippen LogP contribution in [0.4, 0.5) is 0 Å². The van der Waals surface area contributed by atoms with Crippen molar-refractivity contribution in [2.45, 2.75) is 19.9 Å². The number of carbonyl (C=O) groups excluding carboxylic acids is 1. The highest BCUT2D eigenvalue weighted by Gasteiger charge is 2.06. The molecule has 1 N–H and O–H groups in total. The summed E-state index contributed by atoms with van der Waals surface area (Å²) in [6, 6.07) is 4.12. The van der Waals surface area contributed by atoms with Gasteiger partial charge in [0, 0.05) is 18.0 Å². The van der Waals surface area contributed by atoms with Gasteiger partial charge in [-0.25, -0.2) is 0 Å². The van der Waals surface area contributed by atoms with Gasteiger partial charge in [0.25, 0.3) is 0 Å². The van der Waals surface area contributed by atoms with Gasteiger partial charge in [0.2, 0.25) is 5.91 Å². The first kappa shape index (κ1) is 12.2. The number of thiophene rings is 1. The van der Waals surface area contributed by atoms with Gasteiger partial charge in [0.1, 0.15) is 0 Å². The van der Waals surface area contributed by atoms with Crippen LogP contribution in [-0.2, 0) is 11.3 Å². The molecule has 15 heavy (non-hydrogen) atoms. The largest absolute Gasteiger partial charge is 0.355 e. The second-order valence-corrected chi connectivity index (χ2v) is 4.63. The molecule has 0 aromatic carbocycles. The van der Waals surface area contributed by atoms with Crippen LogP contribution in [0.5, 0.6) is 0 Å². The minimum Gasteiger partial charge on any atom is -0.355 e. The number of likely N-dealkylation sites (N-methyl/N-ethyl adjacent to an activating group) is 1. The summed E-state index contributed by atoms with van der Waals surface area (Å²) in [6.45, 7) is 4.14. The average molecular weight is 226 g/mol. The Labute approximate surface area is 95.1 Å². The third-order valence-corrected chi connectivity index (χ3v) is 2.85. The van der Waals surface area contributed by atoms with Crippen LogP contribution in [0.1, 0.15) is 18.2 Å². The van der Waals surface area contributed by atoms with Gasteiger partial charge in [-0.3, -0.25) is 9.69 Å². The first-order valence-corrected chi connectivity index (χ1v) is 6.08. The van der Waals surface area contributed by atoms with Gasteiger partial charge in [-0.05, 0) is 24.9 Å². The molecule has 0 aliphatic rings. The first-order chi connectivity index (χ1) is 7.22. The summed E-state index contributed by atoms with van der Waals surface area (Å²) in [4.78, 5) is 14.7. The van der Waals surface area contributed by atoms with E-state index in [9.17, 15) is 4.79 Å². The number of hydrogen-bond donors (Lipinski definition) is 1. The molecule has 1 rings (SSSR count). The van der Waals surface area contributed by atoms with E-state index >= 15 is 0 Å². The van der Waals surface area contributed by atoms with Crippen molar-refractivity contribution in [3.05, 3.63) is 22.4 Å². The van der Waals surface area contributed by atoms with E-state index in [4.69, 9.17) is 0 Å². The Kier molecular flexibility index (Phi) is 5.36. The lowest BCUT2D eigenvalue weighted by Crippen LogP contribution is -2.35. The van der Waals surface area contributed by atoms with Gasteiger partial charge >= 0.3 is 0 Å². The zero-order valence-electron chi connectivity index (χ0n) is 9.32. The van der Waals surface area contributed by atoms with E-state index in [2.05, 4.69) is 23.7 Å². The fraction of sp³-hybridized carbons (Fsp3) is 0.545. The van der Waals surface area contributed by atoms with Crippen molar-refractivity contribution in [2.75, 3.05) is 20.1 Å². The molecule has 4 heteroatoms. The molecular weight excluding hydrogens is 208 g/mol. The predicted octanol–water partition coefficient (Wildman–Crippen LogP) is 1.71. The van der Waals surface area contributed by atoms with Gasteiger partial charge < -0.3 is 5.32 Å². The van der Waals surface area contributed by atoms with Gasteiger partial charge in [-0.1, -0.05) is 13.0 Å². The number of rotatable bonds is 6. The summed E-state index contributed by atoms with van der Waals surface area (Å²) >= 11 is 1.72. The van der Waals surface area contributed by atoms with Gasteiger partial charge in [0.15, 0.2) is 0 Å². The molecule has 1 amide bonds. The lowest BCUT2D eigenvalue weighted by atomic mass is 10.4. The summed E-state index contributed by atoms with van der Waals surface area (Å²) < 4.78 is 0. The van der Waals surface area contributed by atoms with Gasteiger partial charge in [-0.15, -0.1) is 11.3 Å². The van der Waals surface area contributed by atoms with E-state index in [0.29, 0.717) is 6.54 Å². The second-order valence-electron chi connectivity index (χ2n) is 3.60. The minimum absolute atomic E-state index is 0.107. The molecule has 0 unspecified atom stereocenters. The summed E-state index contributed by atoms with van der Waals surface area (Å²) in [6.07, 6.45) is 0.986. The third-order valence-electron chi connectivity index (χ3n) is 1.99. The second kappa shape index (κ2) is 6.58. The molecule has 1 heterocycles. The van der Waals surface area contributed by atoms with Crippen LogP contribution in [-0.4, -0.2) is 30.9 Å². The lowest BCUT2D eigenvalue weighted by Gasteiger charge is -2.14.